The van der Waals surface area contributed by atoms with Gasteiger partial charge in [-0.25, -0.2) is 4.98 Å². The summed E-state index contributed by atoms with van der Waals surface area (Å²) in [5.74, 6) is -0.179. The highest BCUT2D eigenvalue weighted by Gasteiger charge is 2.11. The zero-order valence-corrected chi connectivity index (χ0v) is 12.0. The van der Waals surface area contributed by atoms with Gasteiger partial charge in [-0.1, -0.05) is 24.3 Å². The summed E-state index contributed by atoms with van der Waals surface area (Å²) in [4.78, 5) is 26.9. The fraction of sp³-hybridized carbons (Fsp3) is 0.214. The van der Waals surface area contributed by atoms with E-state index in [1.54, 1.807) is 13.2 Å². The van der Waals surface area contributed by atoms with Crippen LogP contribution in [0.1, 0.15) is 28.3 Å². The van der Waals surface area contributed by atoms with Gasteiger partial charge in [-0.05, 0) is 18.1 Å². The van der Waals surface area contributed by atoms with Crippen molar-refractivity contribution < 1.29 is 9.59 Å². The van der Waals surface area contributed by atoms with Gasteiger partial charge >= 0.3 is 0 Å². The number of thiazole rings is 1. The third kappa shape index (κ3) is 3.03. The zero-order chi connectivity index (χ0) is 14.5. The summed E-state index contributed by atoms with van der Waals surface area (Å²) in [7, 11) is 1.58. The molecule has 0 saturated carbocycles. The molecule has 1 unspecified atom stereocenters. The van der Waals surface area contributed by atoms with E-state index >= 15 is 0 Å². The molecule has 6 heteroatoms. The Bertz CT molecular complexity index is 607. The van der Waals surface area contributed by atoms with Crippen molar-refractivity contribution in [1.29, 1.82) is 0 Å². The molecule has 2 N–H and O–H groups in total. The van der Waals surface area contributed by atoms with Gasteiger partial charge in [0.1, 0.15) is 0 Å². The lowest BCUT2D eigenvalue weighted by Crippen LogP contribution is -2.17. The van der Waals surface area contributed by atoms with E-state index in [0.29, 0.717) is 11.4 Å². The molecular weight excluding hydrogens is 274 g/mol. The summed E-state index contributed by atoms with van der Waals surface area (Å²) in [5, 5.41) is 5.70. The van der Waals surface area contributed by atoms with Crippen molar-refractivity contribution in [2.45, 2.75) is 13.0 Å². The Morgan fingerprint density at radius 2 is 2.05 bits per heavy atom. The average molecular weight is 289 g/mol. The molecule has 2 rings (SSSR count). The molecule has 0 aliphatic heterocycles. The lowest BCUT2D eigenvalue weighted by molar-refractivity contribution is -0.110. The molecule has 0 radical (unpaired) electrons. The van der Waals surface area contributed by atoms with E-state index in [9.17, 15) is 9.59 Å². The van der Waals surface area contributed by atoms with Crippen molar-refractivity contribution in [3.8, 4) is 10.4 Å². The Kier molecular flexibility index (Phi) is 4.47. The lowest BCUT2D eigenvalue weighted by Gasteiger charge is -2.10. The monoisotopic (exact) mass is 289 g/mol. The van der Waals surface area contributed by atoms with Gasteiger partial charge in [-0.2, -0.15) is 0 Å². The number of carbonyl (C=O) groups is 2. The Morgan fingerprint density at radius 1 is 1.35 bits per heavy atom. The largest absolute Gasteiger partial charge is 0.353 e. The van der Waals surface area contributed by atoms with Crippen LogP contribution in [0.15, 0.2) is 30.5 Å². The first-order valence-corrected chi connectivity index (χ1v) is 6.95. The highest BCUT2D eigenvalue weighted by Crippen LogP contribution is 2.27. The molecular formula is C14H15N3O2S. The first kappa shape index (κ1) is 14.2. The third-order valence-corrected chi connectivity index (χ3v) is 3.99. The van der Waals surface area contributed by atoms with Gasteiger partial charge in [0.25, 0.3) is 5.91 Å². The second-order valence-corrected chi connectivity index (χ2v) is 5.27. The minimum Gasteiger partial charge on any atom is -0.353 e. The van der Waals surface area contributed by atoms with Crippen LogP contribution in [0.4, 0.5) is 0 Å². The number of rotatable bonds is 5. The maximum absolute atomic E-state index is 11.5. The molecule has 20 heavy (non-hydrogen) atoms. The van der Waals surface area contributed by atoms with Crippen LogP contribution in [0.5, 0.6) is 0 Å². The number of amides is 2. The molecule has 0 aliphatic rings. The van der Waals surface area contributed by atoms with Crippen molar-refractivity contribution in [3.63, 3.8) is 0 Å². The fourth-order valence-electron chi connectivity index (χ4n) is 1.75. The minimum absolute atomic E-state index is 0.0237. The number of hydrogen-bond acceptors (Lipinski definition) is 4. The van der Waals surface area contributed by atoms with Gasteiger partial charge in [0.05, 0.1) is 10.9 Å². The predicted octanol–water partition coefficient (Wildman–Crippen LogP) is 1.98. The summed E-state index contributed by atoms with van der Waals surface area (Å²) in [5.41, 5.74) is 2.02. The topological polar surface area (TPSA) is 71.1 Å². The molecule has 1 atom stereocenters. The fourth-order valence-corrected chi connectivity index (χ4v) is 2.62. The van der Waals surface area contributed by atoms with E-state index < -0.39 is 0 Å². The van der Waals surface area contributed by atoms with Crippen molar-refractivity contribution in [2.24, 2.45) is 0 Å². The van der Waals surface area contributed by atoms with Crippen LogP contribution >= 0.6 is 11.3 Å². The molecule has 0 aliphatic carbocycles. The lowest BCUT2D eigenvalue weighted by atomic mass is 10.1. The van der Waals surface area contributed by atoms with Crippen molar-refractivity contribution >= 4 is 23.7 Å². The SMILES string of the molecule is CNC(=O)c1ncc(-c2ccc(C(C)NC=O)cc2)s1. The van der Waals surface area contributed by atoms with E-state index in [4.69, 9.17) is 0 Å². The maximum atomic E-state index is 11.5. The van der Waals surface area contributed by atoms with Gasteiger partial charge in [0.2, 0.25) is 6.41 Å². The van der Waals surface area contributed by atoms with E-state index in [1.807, 2.05) is 31.2 Å². The summed E-state index contributed by atoms with van der Waals surface area (Å²) >= 11 is 1.35. The van der Waals surface area contributed by atoms with Crippen LogP contribution < -0.4 is 10.6 Å². The van der Waals surface area contributed by atoms with E-state index in [2.05, 4.69) is 15.6 Å². The summed E-state index contributed by atoms with van der Waals surface area (Å²) in [6.45, 7) is 1.92. The molecule has 0 spiro atoms. The van der Waals surface area contributed by atoms with Crippen LogP contribution in [0, 0.1) is 0 Å². The third-order valence-electron chi connectivity index (χ3n) is 2.94. The smallest absolute Gasteiger partial charge is 0.280 e. The van der Waals surface area contributed by atoms with Crippen molar-refractivity contribution in [1.82, 2.24) is 15.6 Å². The molecule has 104 valence electrons. The molecule has 0 saturated heterocycles. The predicted molar refractivity (Wildman–Crippen MR) is 78.6 cm³/mol. The molecule has 5 nitrogen and oxygen atoms in total. The van der Waals surface area contributed by atoms with Gasteiger partial charge in [0, 0.05) is 13.2 Å². The van der Waals surface area contributed by atoms with Crippen molar-refractivity contribution in [3.05, 3.63) is 41.0 Å². The number of nitrogens with zero attached hydrogens (tertiary/aromatic N) is 1. The number of aromatic nitrogens is 1. The highest BCUT2D eigenvalue weighted by molar-refractivity contribution is 7.16. The van der Waals surface area contributed by atoms with E-state index in [0.717, 1.165) is 16.0 Å². The van der Waals surface area contributed by atoms with Crippen LogP contribution in [0.2, 0.25) is 0 Å². The Labute approximate surface area is 121 Å². The van der Waals surface area contributed by atoms with Gasteiger partial charge < -0.3 is 10.6 Å². The van der Waals surface area contributed by atoms with E-state index in [-0.39, 0.29) is 11.9 Å². The molecule has 1 aromatic carbocycles. The molecule has 1 aromatic heterocycles. The summed E-state index contributed by atoms with van der Waals surface area (Å²) < 4.78 is 0. The standard InChI is InChI=1S/C14H15N3O2S/c1-9(17-8-18)10-3-5-11(6-4-10)12-7-16-14(20-12)13(19)15-2/h3-9H,1-2H3,(H,15,19)(H,17,18). The maximum Gasteiger partial charge on any atom is 0.280 e. The Balaban J connectivity index is 2.19. The average Bonchev–Trinajstić information content (AvgIpc) is 2.96. The second kappa shape index (κ2) is 6.29. The first-order chi connectivity index (χ1) is 9.65. The van der Waals surface area contributed by atoms with Gasteiger partial charge in [0.15, 0.2) is 5.01 Å². The van der Waals surface area contributed by atoms with Gasteiger partial charge in [-0.3, -0.25) is 9.59 Å². The molecule has 1 heterocycles. The Morgan fingerprint density at radius 3 is 2.65 bits per heavy atom. The Hall–Kier alpha value is -2.21. The number of nitrogens with one attached hydrogen (secondary N) is 2. The van der Waals surface area contributed by atoms with E-state index in [1.165, 1.54) is 11.3 Å². The van der Waals surface area contributed by atoms with Crippen LogP contribution in [-0.2, 0) is 4.79 Å². The normalized spacial score (nSPS) is 11.7. The zero-order valence-electron chi connectivity index (χ0n) is 11.2. The van der Waals surface area contributed by atoms with Crippen LogP contribution in [0.3, 0.4) is 0 Å². The van der Waals surface area contributed by atoms with Gasteiger partial charge in [-0.15, -0.1) is 11.3 Å². The molecule has 0 fully saturated rings. The second-order valence-electron chi connectivity index (χ2n) is 4.24. The minimum atomic E-state index is -0.179. The summed E-state index contributed by atoms with van der Waals surface area (Å²) in [6.07, 6.45) is 2.38. The number of carbonyl (C=O) groups excluding carboxylic acids is 2. The van der Waals surface area contributed by atoms with Crippen LogP contribution in [-0.4, -0.2) is 24.3 Å². The van der Waals surface area contributed by atoms with Crippen LogP contribution in [0.25, 0.3) is 10.4 Å². The highest BCUT2D eigenvalue weighted by atomic mass is 32.1. The number of benzene rings is 1. The van der Waals surface area contributed by atoms with Crippen molar-refractivity contribution in [2.75, 3.05) is 7.05 Å². The molecule has 2 aromatic rings. The molecule has 2 amide bonds. The quantitative estimate of drug-likeness (QED) is 0.827. The number of hydrogen-bond donors (Lipinski definition) is 2. The summed E-state index contributed by atoms with van der Waals surface area (Å²) in [6, 6.07) is 7.80. The molecule has 0 bridgehead atoms. The first-order valence-electron chi connectivity index (χ1n) is 6.13.